The van der Waals surface area contributed by atoms with E-state index in [1.54, 1.807) is 26.0 Å². The van der Waals surface area contributed by atoms with E-state index in [9.17, 15) is 35.5 Å². The SMILES string of the molecule is Cc1cc(C(F)(C(F)(F)F)C(F)(F)F)ccc1NC1c2cccc(Cl)c2C(=O)N1C(C)C. The summed E-state index contributed by atoms with van der Waals surface area (Å²) in [5.74, 6) is -0.371. The Labute approximate surface area is 184 Å². The van der Waals surface area contributed by atoms with Gasteiger partial charge in [-0.05, 0) is 38.5 Å². The monoisotopic (exact) mass is 482 g/mol. The highest BCUT2D eigenvalue weighted by Gasteiger charge is 2.73. The molecule has 0 fully saturated rings. The summed E-state index contributed by atoms with van der Waals surface area (Å²) < 4.78 is 92.8. The first-order valence-electron chi connectivity index (χ1n) is 9.42. The molecule has 1 aliphatic heterocycles. The molecule has 0 bridgehead atoms. The van der Waals surface area contributed by atoms with E-state index in [1.165, 1.54) is 17.9 Å². The van der Waals surface area contributed by atoms with E-state index in [0.717, 1.165) is 6.07 Å². The Hall–Kier alpha value is -2.49. The van der Waals surface area contributed by atoms with Crippen molar-refractivity contribution in [3.63, 3.8) is 0 Å². The van der Waals surface area contributed by atoms with Crippen molar-refractivity contribution in [1.82, 2.24) is 4.90 Å². The lowest BCUT2D eigenvalue weighted by Gasteiger charge is -2.32. The van der Waals surface area contributed by atoms with Gasteiger partial charge in [-0.2, -0.15) is 26.3 Å². The number of fused-ring (bicyclic) bond motifs is 1. The third kappa shape index (κ3) is 3.68. The van der Waals surface area contributed by atoms with Gasteiger partial charge >= 0.3 is 18.0 Å². The molecule has 0 aliphatic carbocycles. The molecule has 2 aromatic rings. The summed E-state index contributed by atoms with van der Waals surface area (Å²) in [6.45, 7) is 4.73. The van der Waals surface area contributed by atoms with Crippen LogP contribution in [0, 0.1) is 6.92 Å². The van der Waals surface area contributed by atoms with Gasteiger partial charge < -0.3 is 10.2 Å². The molecule has 3 nitrogen and oxygen atoms in total. The summed E-state index contributed by atoms with van der Waals surface area (Å²) in [5.41, 5.74) is -6.26. The van der Waals surface area contributed by atoms with Crippen LogP contribution < -0.4 is 5.32 Å². The molecule has 1 aliphatic rings. The molecular formula is C21H18ClF7N2O. The van der Waals surface area contributed by atoms with Crippen molar-refractivity contribution >= 4 is 23.2 Å². The molecule has 3 rings (SSSR count). The van der Waals surface area contributed by atoms with Crippen molar-refractivity contribution in [2.45, 2.75) is 51.0 Å². The molecule has 0 spiro atoms. The number of nitrogens with zero attached hydrogens (tertiary/aromatic N) is 1. The number of carbonyl (C=O) groups excluding carboxylic acids is 1. The van der Waals surface area contributed by atoms with Gasteiger partial charge in [-0.1, -0.05) is 35.9 Å². The fourth-order valence-corrected chi connectivity index (χ4v) is 4.01. The van der Waals surface area contributed by atoms with E-state index in [2.05, 4.69) is 5.32 Å². The molecule has 2 aromatic carbocycles. The fraction of sp³-hybridized carbons (Fsp3) is 0.381. The second-order valence-corrected chi connectivity index (χ2v) is 8.15. The number of amides is 1. The lowest BCUT2D eigenvalue weighted by molar-refractivity contribution is -0.348. The highest BCUT2D eigenvalue weighted by Crippen LogP contribution is 2.53. The first kappa shape index (κ1) is 24.2. The number of anilines is 1. The van der Waals surface area contributed by atoms with Crippen LogP contribution in [0.2, 0.25) is 5.02 Å². The normalized spacial score (nSPS) is 17.2. The lowest BCUT2D eigenvalue weighted by atomic mass is 9.92. The molecule has 1 heterocycles. The van der Waals surface area contributed by atoms with Crippen molar-refractivity contribution in [2.24, 2.45) is 0 Å². The number of rotatable bonds is 4. The highest BCUT2D eigenvalue weighted by atomic mass is 35.5. The number of halogens is 8. The summed E-state index contributed by atoms with van der Waals surface area (Å²) >= 11 is 6.16. The number of hydrogen-bond donors (Lipinski definition) is 1. The maximum absolute atomic E-state index is 14.4. The van der Waals surface area contributed by atoms with Gasteiger partial charge in [-0.15, -0.1) is 0 Å². The Morgan fingerprint density at radius 2 is 1.59 bits per heavy atom. The molecule has 1 unspecified atom stereocenters. The van der Waals surface area contributed by atoms with Gasteiger partial charge in [0.25, 0.3) is 5.91 Å². The van der Waals surface area contributed by atoms with E-state index in [1.807, 2.05) is 0 Å². The number of nitrogens with one attached hydrogen (secondary N) is 1. The van der Waals surface area contributed by atoms with Crippen LogP contribution in [0.1, 0.15) is 47.1 Å². The van der Waals surface area contributed by atoms with Crippen LogP contribution in [0.15, 0.2) is 36.4 Å². The first-order valence-corrected chi connectivity index (χ1v) is 9.80. The Kier molecular flexibility index (Phi) is 5.91. The van der Waals surface area contributed by atoms with Gasteiger partial charge in [0.15, 0.2) is 0 Å². The van der Waals surface area contributed by atoms with Gasteiger partial charge in [0.05, 0.1) is 10.6 Å². The van der Waals surface area contributed by atoms with E-state index < -0.39 is 29.8 Å². The molecule has 1 N–H and O–H groups in total. The topological polar surface area (TPSA) is 32.3 Å². The van der Waals surface area contributed by atoms with Crippen molar-refractivity contribution in [3.05, 3.63) is 63.7 Å². The summed E-state index contributed by atoms with van der Waals surface area (Å²) in [4.78, 5) is 14.3. The average molecular weight is 483 g/mol. The third-order valence-electron chi connectivity index (χ3n) is 5.32. The number of benzene rings is 2. The van der Waals surface area contributed by atoms with Crippen molar-refractivity contribution in [3.8, 4) is 0 Å². The zero-order valence-corrected chi connectivity index (χ0v) is 17.8. The molecule has 11 heteroatoms. The van der Waals surface area contributed by atoms with Crippen LogP contribution in [0.5, 0.6) is 0 Å². The first-order chi connectivity index (χ1) is 14.6. The summed E-state index contributed by atoms with van der Waals surface area (Å²) in [6, 6.07) is 6.35. The Morgan fingerprint density at radius 3 is 2.09 bits per heavy atom. The number of alkyl halides is 7. The Bertz CT molecular complexity index is 1040. The van der Waals surface area contributed by atoms with Crippen LogP contribution in [0.25, 0.3) is 0 Å². The van der Waals surface area contributed by atoms with E-state index in [4.69, 9.17) is 11.6 Å². The molecule has 0 radical (unpaired) electrons. The van der Waals surface area contributed by atoms with E-state index >= 15 is 0 Å². The predicted molar refractivity (Wildman–Crippen MR) is 105 cm³/mol. The van der Waals surface area contributed by atoms with Crippen LogP contribution in [0.4, 0.5) is 36.4 Å². The van der Waals surface area contributed by atoms with Gasteiger partial charge in [0.1, 0.15) is 6.17 Å². The summed E-state index contributed by atoms with van der Waals surface area (Å²) in [6.07, 6.45) is -13.2. The van der Waals surface area contributed by atoms with Crippen LogP contribution >= 0.6 is 11.6 Å². The Balaban J connectivity index is 2.05. The fourth-order valence-electron chi connectivity index (χ4n) is 3.75. The molecule has 0 saturated heterocycles. The second kappa shape index (κ2) is 7.83. The zero-order valence-electron chi connectivity index (χ0n) is 17.0. The van der Waals surface area contributed by atoms with E-state index in [0.29, 0.717) is 17.7 Å². The molecule has 0 aromatic heterocycles. The maximum atomic E-state index is 14.4. The largest absolute Gasteiger partial charge is 0.435 e. The molecule has 0 saturated carbocycles. The van der Waals surface area contributed by atoms with Gasteiger partial charge in [0.2, 0.25) is 0 Å². The minimum Gasteiger partial charge on any atom is -0.361 e. The lowest BCUT2D eigenvalue weighted by Crippen LogP contribution is -2.50. The van der Waals surface area contributed by atoms with Crippen LogP contribution in [-0.4, -0.2) is 29.2 Å². The smallest absolute Gasteiger partial charge is 0.361 e. The molecule has 32 heavy (non-hydrogen) atoms. The minimum atomic E-state index is -6.20. The zero-order chi connectivity index (χ0) is 24.2. The van der Waals surface area contributed by atoms with Crippen molar-refractivity contribution in [1.29, 1.82) is 0 Å². The standard InChI is InChI=1S/C21H18ClF7N2O/c1-10(2)31-17(13-5-4-6-14(22)16(13)18(31)32)30-15-8-7-12(9-11(15)3)19(23,20(24,25)26)21(27,28)29/h4-10,17,30H,1-3H3. The summed E-state index contributed by atoms with van der Waals surface area (Å²) in [5, 5.41) is 3.19. The maximum Gasteiger partial charge on any atom is 0.435 e. The molecular weight excluding hydrogens is 465 g/mol. The third-order valence-corrected chi connectivity index (χ3v) is 5.64. The number of hydrogen-bond acceptors (Lipinski definition) is 2. The molecule has 1 amide bonds. The average Bonchev–Trinajstić information content (AvgIpc) is 2.94. The Morgan fingerprint density at radius 1 is 1.00 bits per heavy atom. The quantitative estimate of drug-likeness (QED) is 0.480. The van der Waals surface area contributed by atoms with Gasteiger partial charge in [-0.25, -0.2) is 4.39 Å². The van der Waals surface area contributed by atoms with Crippen molar-refractivity contribution < 1.29 is 35.5 Å². The highest BCUT2D eigenvalue weighted by molar-refractivity contribution is 6.34. The van der Waals surface area contributed by atoms with E-state index in [-0.39, 0.29) is 33.8 Å². The molecule has 1 atom stereocenters. The van der Waals surface area contributed by atoms with Crippen LogP contribution in [0.3, 0.4) is 0 Å². The van der Waals surface area contributed by atoms with Gasteiger partial charge in [0, 0.05) is 22.9 Å². The van der Waals surface area contributed by atoms with Crippen LogP contribution in [-0.2, 0) is 5.67 Å². The van der Waals surface area contributed by atoms with Crippen molar-refractivity contribution in [2.75, 3.05) is 5.32 Å². The van der Waals surface area contributed by atoms with Gasteiger partial charge in [-0.3, -0.25) is 4.79 Å². The molecule has 174 valence electrons. The summed E-state index contributed by atoms with van der Waals surface area (Å²) in [7, 11) is 0. The number of carbonyl (C=O) groups is 1. The number of aryl methyl sites for hydroxylation is 1. The minimum absolute atomic E-state index is 0.0651. The second-order valence-electron chi connectivity index (χ2n) is 7.74. The predicted octanol–water partition coefficient (Wildman–Crippen LogP) is 6.91.